The molecule has 4 rings (SSSR count). The van der Waals surface area contributed by atoms with Gasteiger partial charge < -0.3 is 25.0 Å². The largest absolute Gasteiger partial charge is 0.489 e. The van der Waals surface area contributed by atoms with Crippen LogP contribution in [0.2, 0.25) is 0 Å². The van der Waals surface area contributed by atoms with E-state index in [-0.39, 0.29) is 41.0 Å². The Morgan fingerprint density at radius 3 is 2.67 bits per heavy atom. The van der Waals surface area contributed by atoms with Gasteiger partial charge in [0.2, 0.25) is 5.95 Å². The molecule has 2 N–H and O–H groups in total. The van der Waals surface area contributed by atoms with Gasteiger partial charge in [-0.25, -0.2) is 14.2 Å². The van der Waals surface area contributed by atoms with Crippen LogP contribution in [0.1, 0.15) is 56.3 Å². The summed E-state index contributed by atoms with van der Waals surface area (Å²) in [7, 11) is 1.25. The highest BCUT2D eigenvalue weighted by molar-refractivity contribution is 6.02. The SMILES string of the molecule is CCC(C)Oc1cc(C(=O)O)c(F)cc1Nc1ncc2c(n1)N(C1CCCC1)CC(F)(F)C(=O)N2C. The second-order valence-electron chi connectivity index (χ2n) is 9.13. The number of nitrogens with zero attached hydrogens (tertiary/aromatic N) is 4. The number of rotatable bonds is 7. The summed E-state index contributed by atoms with van der Waals surface area (Å²) in [5.41, 5.74) is -0.344. The van der Waals surface area contributed by atoms with Crippen LogP contribution in [0.3, 0.4) is 0 Å². The molecule has 194 valence electrons. The third-order valence-electron chi connectivity index (χ3n) is 6.58. The minimum atomic E-state index is -3.61. The van der Waals surface area contributed by atoms with E-state index in [4.69, 9.17) is 4.74 Å². The number of aromatic nitrogens is 2. The van der Waals surface area contributed by atoms with Gasteiger partial charge in [-0.2, -0.15) is 13.8 Å². The van der Waals surface area contributed by atoms with E-state index in [1.54, 1.807) is 6.92 Å². The Morgan fingerprint density at radius 2 is 2.03 bits per heavy atom. The lowest BCUT2D eigenvalue weighted by Gasteiger charge is -2.31. The van der Waals surface area contributed by atoms with Crippen molar-refractivity contribution in [2.45, 2.75) is 64.0 Å². The van der Waals surface area contributed by atoms with Crippen molar-refractivity contribution < 1.29 is 32.6 Å². The molecule has 1 amide bonds. The summed E-state index contributed by atoms with van der Waals surface area (Å²) in [5.74, 6) is -7.20. The molecule has 2 aliphatic rings. The number of carboxylic acid groups (broad SMARTS) is 1. The summed E-state index contributed by atoms with van der Waals surface area (Å²) in [6, 6.07) is 1.83. The Labute approximate surface area is 206 Å². The highest BCUT2D eigenvalue weighted by Crippen LogP contribution is 2.40. The number of fused-ring (bicyclic) bond motifs is 1. The molecule has 1 unspecified atom stereocenters. The molecule has 1 aliphatic carbocycles. The molecule has 0 spiro atoms. The summed E-state index contributed by atoms with van der Waals surface area (Å²) in [6.07, 6.45) is 4.72. The summed E-state index contributed by atoms with van der Waals surface area (Å²) in [4.78, 5) is 34.8. The quantitative estimate of drug-likeness (QED) is 0.560. The van der Waals surface area contributed by atoms with Crippen LogP contribution >= 0.6 is 0 Å². The van der Waals surface area contributed by atoms with Crippen molar-refractivity contribution in [3.05, 3.63) is 29.7 Å². The Morgan fingerprint density at radius 1 is 1.33 bits per heavy atom. The van der Waals surface area contributed by atoms with Crippen molar-refractivity contribution in [3.8, 4) is 5.75 Å². The monoisotopic (exact) mass is 507 g/mol. The molecule has 36 heavy (non-hydrogen) atoms. The fourth-order valence-corrected chi connectivity index (χ4v) is 4.44. The number of carbonyl (C=O) groups excluding carboxylic acids is 1. The van der Waals surface area contributed by atoms with Crippen molar-refractivity contribution in [1.29, 1.82) is 0 Å². The topological polar surface area (TPSA) is 108 Å². The van der Waals surface area contributed by atoms with Gasteiger partial charge in [-0.3, -0.25) is 4.79 Å². The number of amides is 1. The molecule has 1 aromatic carbocycles. The zero-order valence-corrected chi connectivity index (χ0v) is 20.2. The lowest BCUT2D eigenvalue weighted by Crippen LogP contribution is -2.48. The predicted octanol–water partition coefficient (Wildman–Crippen LogP) is 4.60. The van der Waals surface area contributed by atoms with Crippen LogP contribution in [-0.4, -0.2) is 58.6 Å². The first-order valence-electron chi connectivity index (χ1n) is 11.8. The van der Waals surface area contributed by atoms with Crippen molar-refractivity contribution in [2.75, 3.05) is 28.7 Å². The molecule has 0 radical (unpaired) electrons. The highest BCUT2D eigenvalue weighted by Gasteiger charge is 2.48. The standard InChI is InChI=1S/C24H28F3N5O4/c1-4-13(2)36-19-9-15(21(33)34)16(25)10-17(19)29-23-28-11-18-20(30-23)32(14-7-5-6-8-14)12-24(26,27)22(35)31(18)3/h9-11,13-14H,4-8,12H2,1-3H3,(H,33,34)(H,28,29,30). The normalized spacial score (nSPS) is 18.6. The molecular weight excluding hydrogens is 479 g/mol. The molecule has 0 saturated heterocycles. The van der Waals surface area contributed by atoms with Crippen molar-refractivity contribution in [2.24, 2.45) is 0 Å². The van der Waals surface area contributed by atoms with Crippen molar-refractivity contribution in [3.63, 3.8) is 0 Å². The average Bonchev–Trinajstić information content (AvgIpc) is 3.35. The first-order valence-corrected chi connectivity index (χ1v) is 11.8. The summed E-state index contributed by atoms with van der Waals surface area (Å²) in [5, 5.41) is 12.1. The van der Waals surface area contributed by atoms with Crippen LogP contribution in [-0.2, 0) is 4.79 Å². The van der Waals surface area contributed by atoms with Crippen LogP contribution < -0.4 is 19.9 Å². The molecule has 9 nitrogen and oxygen atoms in total. The van der Waals surface area contributed by atoms with Gasteiger partial charge in [-0.1, -0.05) is 19.8 Å². The maximum atomic E-state index is 14.8. The van der Waals surface area contributed by atoms with Gasteiger partial charge >= 0.3 is 11.9 Å². The second kappa shape index (κ2) is 9.82. The van der Waals surface area contributed by atoms with Crippen molar-refractivity contribution >= 4 is 35.0 Å². The lowest BCUT2D eigenvalue weighted by atomic mass is 10.1. The minimum Gasteiger partial charge on any atom is -0.489 e. The lowest BCUT2D eigenvalue weighted by molar-refractivity contribution is -0.140. The van der Waals surface area contributed by atoms with E-state index in [0.717, 1.165) is 29.9 Å². The van der Waals surface area contributed by atoms with Crippen molar-refractivity contribution in [1.82, 2.24) is 9.97 Å². The van der Waals surface area contributed by atoms with Gasteiger partial charge in [0.05, 0.1) is 30.1 Å². The number of alkyl halides is 2. The Balaban J connectivity index is 1.76. The number of anilines is 4. The molecule has 1 saturated carbocycles. The van der Waals surface area contributed by atoms with Gasteiger partial charge in [-0.15, -0.1) is 0 Å². The molecule has 1 aliphatic heterocycles. The van der Waals surface area contributed by atoms with Crippen LogP contribution in [0, 0.1) is 5.82 Å². The maximum absolute atomic E-state index is 14.8. The van der Waals surface area contributed by atoms with Gasteiger partial charge in [0.25, 0.3) is 5.91 Å². The Bertz CT molecular complexity index is 1170. The predicted molar refractivity (Wildman–Crippen MR) is 127 cm³/mol. The zero-order valence-electron chi connectivity index (χ0n) is 20.2. The molecule has 2 heterocycles. The number of nitrogens with one attached hydrogen (secondary N) is 1. The molecule has 1 atom stereocenters. The Hall–Kier alpha value is -3.57. The molecule has 1 fully saturated rings. The molecular formula is C24H28F3N5O4. The molecule has 12 heteroatoms. The number of halogens is 3. The highest BCUT2D eigenvalue weighted by atomic mass is 19.3. The molecule has 1 aromatic heterocycles. The van der Waals surface area contributed by atoms with Gasteiger partial charge in [0.15, 0.2) is 5.82 Å². The average molecular weight is 508 g/mol. The van der Waals surface area contributed by atoms with E-state index >= 15 is 0 Å². The summed E-state index contributed by atoms with van der Waals surface area (Å²) >= 11 is 0. The number of aromatic carboxylic acids is 1. The zero-order chi connectivity index (χ0) is 26.2. The van der Waals surface area contributed by atoms with Crippen LogP contribution in [0.4, 0.5) is 36.3 Å². The number of ether oxygens (including phenoxy) is 1. The third kappa shape index (κ3) is 4.89. The van der Waals surface area contributed by atoms with E-state index in [2.05, 4.69) is 15.3 Å². The molecule has 0 bridgehead atoms. The summed E-state index contributed by atoms with van der Waals surface area (Å²) in [6.45, 7) is 2.84. The number of carboxylic acids is 1. The maximum Gasteiger partial charge on any atom is 0.342 e. The van der Waals surface area contributed by atoms with E-state index in [0.29, 0.717) is 19.3 Å². The second-order valence-corrected chi connectivity index (χ2v) is 9.13. The number of hydrogen-bond donors (Lipinski definition) is 2. The van der Waals surface area contributed by atoms with E-state index < -0.39 is 35.7 Å². The Kier molecular flexibility index (Phi) is 6.96. The van der Waals surface area contributed by atoms with Crippen LogP contribution in [0.25, 0.3) is 0 Å². The fourth-order valence-electron chi connectivity index (χ4n) is 4.44. The fraction of sp³-hybridized carbons (Fsp3) is 0.500. The number of benzene rings is 1. The minimum absolute atomic E-state index is 0.0423. The van der Waals surface area contributed by atoms with E-state index in [9.17, 15) is 27.9 Å². The molecule has 2 aromatic rings. The van der Waals surface area contributed by atoms with E-state index in [1.807, 2.05) is 6.92 Å². The summed E-state index contributed by atoms with van der Waals surface area (Å²) < 4.78 is 49.9. The van der Waals surface area contributed by atoms with Gasteiger partial charge in [-0.05, 0) is 32.3 Å². The van der Waals surface area contributed by atoms with E-state index in [1.165, 1.54) is 18.1 Å². The first-order chi connectivity index (χ1) is 17.0. The van der Waals surface area contributed by atoms with Gasteiger partial charge in [0.1, 0.15) is 17.3 Å². The third-order valence-corrected chi connectivity index (χ3v) is 6.58. The smallest absolute Gasteiger partial charge is 0.342 e. The first kappa shape index (κ1) is 25.5. The van der Waals surface area contributed by atoms with Gasteiger partial charge in [0, 0.05) is 19.2 Å². The number of carbonyl (C=O) groups is 2. The van der Waals surface area contributed by atoms with Crippen LogP contribution in [0.15, 0.2) is 18.3 Å². The number of hydrogen-bond acceptors (Lipinski definition) is 7. The van der Waals surface area contributed by atoms with Crippen LogP contribution in [0.5, 0.6) is 5.75 Å².